The highest BCUT2D eigenvalue weighted by molar-refractivity contribution is 5.82. The van der Waals surface area contributed by atoms with Crippen LogP contribution in [-0.4, -0.2) is 79.4 Å². The third-order valence-electron chi connectivity index (χ3n) is 9.60. The highest BCUT2D eigenvalue weighted by Crippen LogP contribution is 2.43. The molecule has 9 nitrogen and oxygen atoms in total. The van der Waals surface area contributed by atoms with Crippen LogP contribution in [-0.2, 0) is 59.6 Å². The van der Waals surface area contributed by atoms with E-state index >= 15 is 0 Å². The minimum absolute atomic E-state index is 0.115. The molecule has 276 valence electrons. The van der Waals surface area contributed by atoms with E-state index in [1.165, 1.54) is 0 Å². The standard InChI is InChI=1S/C43H52N2O7/c1-33-43(52-42(2,3)51-33,32-47-28-34-16-8-4-9-17-34)40(50-31-37-22-14-7-15-23-37)38(48-29-35-18-10-5-11-19-35)39(41(46)45-26-24-44-25-27-45)49-30-36-20-12-6-13-21-36/h4-23,33,38-40,44H,24-32H2,1-3H3/t33-,38?,39?,40?,43-/m1/s1. The second-order valence-corrected chi connectivity index (χ2v) is 14.0. The van der Waals surface area contributed by atoms with Gasteiger partial charge in [0.05, 0.1) is 39.1 Å². The van der Waals surface area contributed by atoms with Gasteiger partial charge in [-0.1, -0.05) is 121 Å². The first kappa shape index (κ1) is 37.8. The summed E-state index contributed by atoms with van der Waals surface area (Å²) in [5, 5.41) is 3.36. The van der Waals surface area contributed by atoms with Crippen LogP contribution >= 0.6 is 0 Å². The lowest BCUT2D eigenvalue weighted by molar-refractivity contribution is -0.250. The molecule has 5 atom stereocenters. The van der Waals surface area contributed by atoms with Crippen LogP contribution in [0.15, 0.2) is 121 Å². The Labute approximate surface area is 308 Å². The molecule has 3 unspecified atom stereocenters. The van der Waals surface area contributed by atoms with Crippen molar-refractivity contribution in [2.24, 2.45) is 0 Å². The highest BCUT2D eigenvalue weighted by atomic mass is 16.8. The van der Waals surface area contributed by atoms with Crippen molar-refractivity contribution < 1.29 is 33.2 Å². The molecular formula is C43H52N2O7. The first-order chi connectivity index (χ1) is 25.3. The van der Waals surface area contributed by atoms with Gasteiger partial charge in [0, 0.05) is 26.2 Å². The normalized spacial score (nSPS) is 21.8. The molecule has 2 heterocycles. The molecule has 0 aromatic heterocycles. The van der Waals surface area contributed by atoms with Crippen molar-refractivity contribution in [2.45, 2.75) is 83.0 Å². The largest absolute Gasteiger partial charge is 0.374 e. The number of hydrogen-bond donors (Lipinski definition) is 1. The molecule has 2 aliphatic rings. The Balaban J connectivity index is 1.43. The zero-order valence-electron chi connectivity index (χ0n) is 30.5. The van der Waals surface area contributed by atoms with Gasteiger partial charge in [0.1, 0.15) is 17.8 Å². The lowest BCUT2D eigenvalue weighted by atomic mass is 9.85. The summed E-state index contributed by atoms with van der Waals surface area (Å²) in [7, 11) is 0. The van der Waals surface area contributed by atoms with Crippen molar-refractivity contribution in [3.8, 4) is 0 Å². The number of nitrogens with one attached hydrogen (secondary N) is 1. The number of benzene rings is 4. The summed E-state index contributed by atoms with van der Waals surface area (Å²) < 4.78 is 40.7. The van der Waals surface area contributed by atoms with Gasteiger partial charge in [0.15, 0.2) is 11.9 Å². The average Bonchev–Trinajstić information content (AvgIpc) is 3.42. The lowest BCUT2D eigenvalue weighted by Gasteiger charge is -2.44. The fraction of sp³-hybridized carbons (Fsp3) is 0.419. The minimum Gasteiger partial charge on any atom is -0.374 e. The van der Waals surface area contributed by atoms with Gasteiger partial charge in [-0.2, -0.15) is 0 Å². The fourth-order valence-electron chi connectivity index (χ4n) is 7.02. The Kier molecular flexibility index (Phi) is 13.2. The summed E-state index contributed by atoms with van der Waals surface area (Å²) in [6, 6.07) is 39.8. The van der Waals surface area contributed by atoms with Gasteiger partial charge in [0.25, 0.3) is 5.91 Å². The zero-order valence-corrected chi connectivity index (χ0v) is 30.5. The molecule has 6 rings (SSSR count). The van der Waals surface area contributed by atoms with E-state index in [0.29, 0.717) is 32.8 Å². The van der Waals surface area contributed by atoms with Crippen LogP contribution in [0.4, 0.5) is 0 Å². The Morgan fingerprint density at radius 3 is 1.65 bits per heavy atom. The number of amides is 1. The third kappa shape index (κ3) is 9.93. The summed E-state index contributed by atoms with van der Waals surface area (Å²) in [6.07, 6.45) is -3.37. The van der Waals surface area contributed by atoms with Gasteiger partial charge < -0.3 is 38.6 Å². The fourth-order valence-corrected chi connectivity index (χ4v) is 7.02. The first-order valence-corrected chi connectivity index (χ1v) is 18.3. The van der Waals surface area contributed by atoms with Crippen LogP contribution in [0.3, 0.4) is 0 Å². The maximum absolute atomic E-state index is 14.8. The Bertz CT molecular complexity index is 1640. The van der Waals surface area contributed by atoms with E-state index in [0.717, 1.165) is 22.3 Å². The molecule has 0 aliphatic carbocycles. The molecule has 4 aromatic carbocycles. The molecule has 4 aromatic rings. The third-order valence-corrected chi connectivity index (χ3v) is 9.60. The predicted molar refractivity (Wildman–Crippen MR) is 199 cm³/mol. The van der Waals surface area contributed by atoms with E-state index in [4.69, 9.17) is 28.4 Å². The molecule has 2 aliphatic heterocycles. The van der Waals surface area contributed by atoms with Gasteiger partial charge in [-0.25, -0.2) is 0 Å². The monoisotopic (exact) mass is 708 g/mol. The van der Waals surface area contributed by atoms with Gasteiger partial charge in [-0.05, 0) is 43.0 Å². The van der Waals surface area contributed by atoms with E-state index < -0.39 is 35.8 Å². The number of carbonyl (C=O) groups is 1. The van der Waals surface area contributed by atoms with E-state index in [1.807, 2.05) is 147 Å². The molecule has 0 saturated carbocycles. The number of ether oxygens (including phenoxy) is 6. The van der Waals surface area contributed by atoms with Gasteiger partial charge in [-0.15, -0.1) is 0 Å². The van der Waals surface area contributed by atoms with Crippen LogP contribution in [0.2, 0.25) is 0 Å². The van der Waals surface area contributed by atoms with E-state index in [2.05, 4.69) is 5.32 Å². The summed E-state index contributed by atoms with van der Waals surface area (Å²) >= 11 is 0. The van der Waals surface area contributed by atoms with Crippen LogP contribution in [0, 0.1) is 0 Å². The smallest absolute Gasteiger partial charge is 0.254 e. The summed E-state index contributed by atoms with van der Waals surface area (Å²) in [5.74, 6) is -1.13. The van der Waals surface area contributed by atoms with Crippen molar-refractivity contribution >= 4 is 5.91 Å². The molecule has 1 N–H and O–H groups in total. The van der Waals surface area contributed by atoms with Gasteiger partial charge in [-0.3, -0.25) is 4.79 Å². The Morgan fingerprint density at radius 2 is 1.17 bits per heavy atom. The van der Waals surface area contributed by atoms with E-state index in [-0.39, 0.29) is 32.3 Å². The lowest BCUT2D eigenvalue weighted by Crippen LogP contribution is -2.64. The maximum atomic E-state index is 14.8. The van der Waals surface area contributed by atoms with Crippen molar-refractivity contribution in [1.29, 1.82) is 0 Å². The molecule has 2 saturated heterocycles. The summed E-state index contributed by atoms with van der Waals surface area (Å²) in [4.78, 5) is 16.7. The molecule has 0 bridgehead atoms. The molecule has 52 heavy (non-hydrogen) atoms. The average molecular weight is 709 g/mol. The highest BCUT2D eigenvalue weighted by Gasteiger charge is 2.61. The zero-order chi connectivity index (χ0) is 36.2. The molecule has 9 heteroatoms. The minimum atomic E-state index is -1.20. The van der Waals surface area contributed by atoms with Crippen LogP contribution < -0.4 is 5.32 Å². The predicted octanol–water partition coefficient (Wildman–Crippen LogP) is 6.30. The number of nitrogens with zero attached hydrogens (tertiary/aromatic N) is 1. The molecule has 1 amide bonds. The van der Waals surface area contributed by atoms with E-state index in [1.54, 1.807) is 0 Å². The topological polar surface area (TPSA) is 87.7 Å². The van der Waals surface area contributed by atoms with Crippen molar-refractivity contribution in [2.75, 3.05) is 32.8 Å². The van der Waals surface area contributed by atoms with Crippen LogP contribution in [0.5, 0.6) is 0 Å². The molecular weight excluding hydrogens is 656 g/mol. The van der Waals surface area contributed by atoms with Gasteiger partial charge >= 0.3 is 0 Å². The summed E-state index contributed by atoms with van der Waals surface area (Å²) in [6.45, 7) is 9.40. The first-order valence-electron chi connectivity index (χ1n) is 18.3. The SMILES string of the molecule is C[C@H]1OC(C)(C)O[C@@]1(COCc1ccccc1)C(OCc1ccccc1)C(OCc1ccccc1)C(OCc1ccccc1)C(=O)N1CCNCC1. The van der Waals surface area contributed by atoms with Crippen LogP contribution in [0.25, 0.3) is 0 Å². The number of rotatable bonds is 17. The number of piperazine rings is 1. The molecule has 2 fully saturated rings. The van der Waals surface area contributed by atoms with Crippen molar-refractivity contribution in [1.82, 2.24) is 10.2 Å². The number of hydrogen-bond acceptors (Lipinski definition) is 8. The van der Waals surface area contributed by atoms with Gasteiger partial charge in [0.2, 0.25) is 0 Å². The molecule has 0 spiro atoms. The molecule has 0 radical (unpaired) electrons. The maximum Gasteiger partial charge on any atom is 0.254 e. The second kappa shape index (κ2) is 18.2. The van der Waals surface area contributed by atoms with Crippen molar-refractivity contribution in [3.05, 3.63) is 144 Å². The quantitative estimate of drug-likeness (QED) is 0.137. The van der Waals surface area contributed by atoms with Crippen LogP contribution in [0.1, 0.15) is 43.0 Å². The van der Waals surface area contributed by atoms with Crippen molar-refractivity contribution in [3.63, 3.8) is 0 Å². The Morgan fingerprint density at radius 1 is 0.712 bits per heavy atom. The van der Waals surface area contributed by atoms with E-state index in [9.17, 15) is 4.79 Å². The number of carbonyl (C=O) groups excluding carboxylic acids is 1. The second-order valence-electron chi connectivity index (χ2n) is 14.0. The Hall–Kier alpha value is -3.93. The summed E-state index contributed by atoms with van der Waals surface area (Å²) in [5.41, 5.74) is 2.69.